The fraction of sp³-hybridized carbons (Fsp3) is 0.480. The fourth-order valence-electron chi connectivity index (χ4n) is 4.81. The highest BCUT2D eigenvalue weighted by molar-refractivity contribution is 7.89. The summed E-state index contributed by atoms with van der Waals surface area (Å²) in [5.74, 6) is 0.703. The highest BCUT2D eigenvalue weighted by Crippen LogP contribution is 2.40. The molecule has 0 saturated carbocycles. The minimum absolute atomic E-state index is 0.127. The van der Waals surface area contributed by atoms with Crippen LogP contribution in [0.4, 0.5) is 5.69 Å². The predicted molar refractivity (Wildman–Crippen MR) is 128 cm³/mol. The van der Waals surface area contributed by atoms with Crippen LogP contribution >= 0.6 is 0 Å². The van der Waals surface area contributed by atoms with E-state index in [9.17, 15) is 13.2 Å². The van der Waals surface area contributed by atoms with Crippen molar-refractivity contribution in [3.8, 4) is 11.5 Å². The van der Waals surface area contributed by atoms with Crippen molar-refractivity contribution in [3.05, 3.63) is 47.0 Å². The molecule has 0 spiro atoms. The van der Waals surface area contributed by atoms with Gasteiger partial charge < -0.3 is 14.4 Å². The number of nitrogens with zero attached hydrogens (tertiary/aromatic N) is 2. The van der Waals surface area contributed by atoms with E-state index in [0.717, 1.165) is 55.3 Å². The zero-order valence-corrected chi connectivity index (χ0v) is 20.4. The zero-order chi connectivity index (χ0) is 23.6. The Bertz CT molecular complexity index is 1140. The van der Waals surface area contributed by atoms with Crippen molar-refractivity contribution in [3.63, 3.8) is 0 Å². The van der Waals surface area contributed by atoms with E-state index in [1.807, 2.05) is 19.1 Å². The molecule has 2 aromatic rings. The minimum Gasteiger partial charge on any atom is -0.496 e. The molecule has 2 aromatic carbocycles. The normalized spacial score (nSPS) is 17.2. The molecule has 1 saturated heterocycles. The molecule has 7 nitrogen and oxygen atoms in total. The van der Waals surface area contributed by atoms with Gasteiger partial charge >= 0.3 is 0 Å². The van der Waals surface area contributed by atoms with E-state index in [0.29, 0.717) is 31.1 Å². The molecule has 0 N–H and O–H groups in total. The van der Waals surface area contributed by atoms with Gasteiger partial charge in [-0.1, -0.05) is 18.9 Å². The molecule has 0 bridgehead atoms. The fourth-order valence-corrected chi connectivity index (χ4v) is 6.36. The maximum atomic E-state index is 13.8. The first kappa shape index (κ1) is 23.6. The highest BCUT2D eigenvalue weighted by atomic mass is 32.2. The van der Waals surface area contributed by atoms with Gasteiger partial charge in [0.25, 0.3) is 5.91 Å². The number of amides is 1. The van der Waals surface area contributed by atoms with Crippen LogP contribution in [0, 0.1) is 6.92 Å². The lowest BCUT2D eigenvalue weighted by atomic mass is 9.95. The third kappa shape index (κ3) is 4.46. The van der Waals surface area contributed by atoms with E-state index in [-0.39, 0.29) is 16.4 Å². The largest absolute Gasteiger partial charge is 0.496 e. The van der Waals surface area contributed by atoms with Gasteiger partial charge in [-0.25, -0.2) is 8.42 Å². The maximum absolute atomic E-state index is 13.8. The summed E-state index contributed by atoms with van der Waals surface area (Å²) in [4.78, 5) is 15.6. The van der Waals surface area contributed by atoms with Crippen molar-refractivity contribution in [1.29, 1.82) is 0 Å². The quantitative estimate of drug-likeness (QED) is 0.653. The number of methoxy groups -OCH3 is 2. The summed E-state index contributed by atoms with van der Waals surface area (Å²) in [7, 11) is -0.610. The van der Waals surface area contributed by atoms with Crippen molar-refractivity contribution < 1.29 is 22.7 Å². The number of ether oxygens (including phenoxy) is 2. The van der Waals surface area contributed by atoms with Crippen molar-refractivity contribution in [2.75, 3.05) is 38.8 Å². The predicted octanol–water partition coefficient (Wildman–Crippen LogP) is 4.17. The third-order valence-corrected chi connectivity index (χ3v) is 8.52. The second-order valence-corrected chi connectivity index (χ2v) is 10.6. The Kier molecular flexibility index (Phi) is 6.95. The number of fused-ring (bicyclic) bond motifs is 1. The lowest BCUT2D eigenvalue weighted by Gasteiger charge is -2.32. The number of hydrogen-bond donors (Lipinski definition) is 0. The second-order valence-electron chi connectivity index (χ2n) is 8.65. The topological polar surface area (TPSA) is 76.2 Å². The number of rotatable bonds is 5. The molecule has 8 heteroatoms. The first-order valence-corrected chi connectivity index (χ1v) is 13.0. The van der Waals surface area contributed by atoms with Gasteiger partial charge in [0, 0.05) is 19.6 Å². The molecule has 2 heterocycles. The Hall–Kier alpha value is -2.58. The van der Waals surface area contributed by atoms with Gasteiger partial charge in [-0.3, -0.25) is 4.79 Å². The molecule has 0 aromatic heterocycles. The van der Waals surface area contributed by atoms with Gasteiger partial charge in [0.1, 0.15) is 11.5 Å². The molecule has 1 amide bonds. The number of anilines is 1. The van der Waals surface area contributed by atoms with E-state index in [1.54, 1.807) is 22.4 Å². The van der Waals surface area contributed by atoms with Crippen LogP contribution in [-0.4, -0.2) is 52.5 Å². The number of aryl methyl sites for hydroxylation is 1. The molecule has 0 atom stereocenters. The summed E-state index contributed by atoms with van der Waals surface area (Å²) in [5.41, 5.74) is 3.19. The smallest absolute Gasteiger partial charge is 0.262 e. The van der Waals surface area contributed by atoms with E-state index in [2.05, 4.69) is 0 Å². The molecule has 1 fully saturated rings. The van der Waals surface area contributed by atoms with Gasteiger partial charge in [0.05, 0.1) is 30.4 Å². The number of carbonyl (C=O) groups excluding carboxylic acids is 1. The molecule has 0 aliphatic carbocycles. The van der Waals surface area contributed by atoms with Crippen LogP contribution in [0.1, 0.15) is 53.6 Å². The average Bonchev–Trinajstić information content (AvgIpc) is 3.13. The van der Waals surface area contributed by atoms with Gasteiger partial charge in [-0.05, 0) is 68.0 Å². The second kappa shape index (κ2) is 9.73. The lowest BCUT2D eigenvalue weighted by molar-refractivity contribution is 0.0981. The Labute approximate surface area is 196 Å². The van der Waals surface area contributed by atoms with Crippen LogP contribution in [0.2, 0.25) is 0 Å². The van der Waals surface area contributed by atoms with Gasteiger partial charge in [0.15, 0.2) is 0 Å². The lowest BCUT2D eigenvalue weighted by Crippen LogP contribution is -2.36. The van der Waals surface area contributed by atoms with Crippen LogP contribution in [0.5, 0.6) is 11.5 Å². The Morgan fingerprint density at radius 1 is 0.879 bits per heavy atom. The Morgan fingerprint density at radius 2 is 1.55 bits per heavy atom. The summed E-state index contributed by atoms with van der Waals surface area (Å²) in [6.07, 6.45) is 5.46. The van der Waals surface area contributed by atoms with Gasteiger partial charge in [-0.2, -0.15) is 4.31 Å². The summed E-state index contributed by atoms with van der Waals surface area (Å²) in [6.45, 7) is 3.57. The Morgan fingerprint density at radius 3 is 2.21 bits per heavy atom. The molecule has 2 aliphatic heterocycles. The van der Waals surface area contributed by atoms with Crippen molar-refractivity contribution in [1.82, 2.24) is 4.31 Å². The number of hydrogen-bond acceptors (Lipinski definition) is 5. The highest BCUT2D eigenvalue weighted by Gasteiger charge is 2.32. The molecular formula is C25H32N2O5S. The molecule has 2 aliphatic rings. The standard InChI is InChI=1S/C25H32N2O5S/c1-18-10-12-23(32-3)24-20(18)9-8-16-27(24)25(28)21-17-19(11-13-22(21)31-2)33(29,30)26-14-6-4-5-7-15-26/h10-13,17H,4-9,14-16H2,1-3H3. The molecule has 0 unspecified atom stereocenters. The van der Waals surface area contributed by atoms with Crippen molar-refractivity contribution in [2.24, 2.45) is 0 Å². The summed E-state index contributed by atoms with van der Waals surface area (Å²) in [6, 6.07) is 8.46. The molecule has 0 radical (unpaired) electrons. The van der Waals surface area contributed by atoms with Crippen LogP contribution in [-0.2, 0) is 16.4 Å². The van der Waals surface area contributed by atoms with Crippen LogP contribution < -0.4 is 14.4 Å². The summed E-state index contributed by atoms with van der Waals surface area (Å²) in [5, 5.41) is 0. The number of benzene rings is 2. The van der Waals surface area contributed by atoms with E-state index in [1.165, 1.54) is 19.2 Å². The number of sulfonamides is 1. The van der Waals surface area contributed by atoms with E-state index >= 15 is 0 Å². The third-order valence-electron chi connectivity index (χ3n) is 6.63. The zero-order valence-electron chi connectivity index (χ0n) is 19.6. The summed E-state index contributed by atoms with van der Waals surface area (Å²) < 4.78 is 39.3. The van der Waals surface area contributed by atoms with E-state index < -0.39 is 10.0 Å². The Balaban J connectivity index is 1.76. The molecule has 4 rings (SSSR count). The van der Waals surface area contributed by atoms with Crippen molar-refractivity contribution in [2.45, 2.75) is 50.3 Å². The molecule has 178 valence electrons. The van der Waals surface area contributed by atoms with Gasteiger partial charge in [-0.15, -0.1) is 0 Å². The van der Waals surface area contributed by atoms with Gasteiger partial charge in [0.2, 0.25) is 10.0 Å². The SMILES string of the molecule is COc1ccc(S(=O)(=O)N2CCCCCC2)cc1C(=O)N1CCCc2c(C)ccc(OC)c21. The first-order valence-electron chi connectivity index (χ1n) is 11.5. The van der Waals surface area contributed by atoms with Crippen LogP contribution in [0.3, 0.4) is 0 Å². The average molecular weight is 473 g/mol. The van der Waals surface area contributed by atoms with Crippen molar-refractivity contribution >= 4 is 21.6 Å². The van der Waals surface area contributed by atoms with Crippen LogP contribution in [0.25, 0.3) is 0 Å². The molecular weight excluding hydrogens is 440 g/mol. The maximum Gasteiger partial charge on any atom is 0.262 e. The first-order chi connectivity index (χ1) is 15.9. The monoisotopic (exact) mass is 472 g/mol. The summed E-state index contributed by atoms with van der Waals surface area (Å²) >= 11 is 0. The number of carbonyl (C=O) groups is 1. The van der Waals surface area contributed by atoms with Crippen LogP contribution in [0.15, 0.2) is 35.2 Å². The van der Waals surface area contributed by atoms with E-state index in [4.69, 9.17) is 9.47 Å². The minimum atomic E-state index is -3.69. The molecule has 33 heavy (non-hydrogen) atoms.